The summed E-state index contributed by atoms with van der Waals surface area (Å²) < 4.78 is 31.3. The van der Waals surface area contributed by atoms with Crippen molar-refractivity contribution in [2.75, 3.05) is 13.6 Å². The summed E-state index contributed by atoms with van der Waals surface area (Å²) in [5, 5.41) is 7.47. The van der Waals surface area contributed by atoms with Gasteiger partial charge >= 0.3 is 0 Å². The molecule has 0 N–H and O–H groups in total. The van der Waals surface area contributed by atoms with Crippen LogP contribution in [0.1, 0.15) is 24.0 Å². The van der Waals surface area contributed by atoms with Gasteiger partial charge < -0.3 is 0 Å². The van der Waals surface area contributed by atoms with Gasteiger partial charge in [0.05, 0.1) is 5.75 Å². The van der Waals surface area contributed by atoms with E-state index < -0.39 is 10.0 Å². The van der Waals surface area contributed by atoms with Gasteiger partial charge in [-0.2, -0.15) is 0 Å². The molecule has 1 atom stereocenters. The summed E-state index contributed by atoms with van der Waals surface area (Å²) in [5.74, 6) is 0.0431. The van der Waals surface area contributed by atoms with Gasteiger partial charge in [0.25, 0.3) is 0 Å². The van der Waals surface area contributed by atoms with Crippen molar-refractivity contribution in [2.24, 2.45) is 0 Å². The van der Waals surface area contributed by atoms with E-state index in [-0.39, 0.29) is 11.7 Å². The molecule has 0 saturated heterocycles. The lowest BCUT2D eigenvalue weighted by Gasteiger charge is -2.21. The molecule has 0 aliphatic rings. The van der Waals surface area contributed by atoms with Gasteiger partial charge in [0, 0.05) is 13.6 Å². The van der Waals surface area contributed by atoms with Crippen LogP contribution in [0.2, 0.25) is 0 Å². The second kappa shape index (κ2) is 6.70. The summed E-state index contributed by atoms with van der Waals surface area (Å²) in [6.07, 6.45) is 0. The van der Waals surface area contributed by atoms with E-state index >= 15 is 0 Å². The molecule has 0 aliphatic heterocycles. The van der Waals surface area contributed by atoms with Crippen LogP contribution in [-0.4, -0.2) is 36.6 Å². The first kappa shape index (κ1) is 16.6. The SMILES string of the molecule is CC(CN(C)S(=O)(=O)Cc1ccc2nonc2c1)c1ccccc1. The summed E-state index contributed by atoms with van der Waals surface area (Å²) in [6, 6.07) is 15.0. The molecule has 0 spiro atoms. The fraction of sp³-hybridized carbons (Fsp3) is 0.294. The highest BCUT2D eigenvalue weighted by Gasteiger charge is 2.21. The quantitative estimate of drug-likeness (QED) is 0.686. The number of aromatic nitrogens is 2. The number of hydrogen-bond donors (Lipinski definition) is 0. The smallest absolute Gasteiger partial charge is 0.218 e. The van der Waals surface area contributed by atoms with Gasteiger partial charge in [0.15, 0.2) is 0 Å². The first-order valence-corrected chi connectivity index (χ1v) is 9.27. The van der Waals surface area contributed by atoms with Crippen LogP contribution in [0.4, 0.5) is 0 Å². The van der Waals surface area contributed by atoms with Crippen molar-refractivity contribution < 1.29 is 13.0 Å². The van der Waals surface area contributed by atoms with Crippen molar-refractivity contribution in [1.82, 2.24) is 14.6 Å². The van der Waals surface area contributed by atoms with Crippen molar-refractivity contribution >= 4 is 21.1 Å². The highest BCUT2D eigenvalue weighted by molar-refractivity contribution is 7.88. The van der Waals surface area contributed by atoms with E-state index in [2.05, 4.69) is 14.9 Å². The van der Waals surface area contributed by atoms with E-state index in [9.17, 15) is 8.42 Å². The Morgan fingerprint density at radius 1 is 1.08 bits per heavy atom. The molecule has 1 heterocycles. The number of rotatable bonds is 6. The molecule has 2 aromatic carbocycles. The molecule has 0 aliphatic carbocycles. The highest BCUT2D eigenvalue weighted by atomic mass is 32.2. The Morgan fingerprint density at radius 3 is 2.54 bits per heavy atom. The summed E-state index contributed by atoms with van der Waals surface area (Å²) >= 11 is 0. The molecule has 3 aromatic rings. The third-order valence-electron chi connectivity index (χ3n) is 4.04. The topological polar surface area (TPSA) is 76.3 Å². The second-order valence-electron chi connectivity index (χ2n) is 5.94. The Hall–Kier alpha value is -2.25. The lowest BCUT2D eigenvalue weighted by atomic mass is 10.0. The van der Waals surface area contributed by atoms with Crippen LogP contribution < -0.4 is 0 Å². The van der Waals surface area contributed by atoms with Crippen molar-refractivity contribution in [2.45, 2.75) is 18.6 Å². The third-order valence-corrected chi connectivity index (χ3v) is 5.84. The molecule has 126 valence electrons. The van der Waals surface area contributed by atoms with Crippen LogP contribution in [0.15, 0.2) is 53.2 Å². The second-order valence-corrected chi connectivity index (χ2v) is 8.01. The van der Waals surface area contributed by atoms with Crippen LogP contribution in [-0.2, 0) is 15.8 Å². The summed E-state index contributed by atoms with van der Waals surface area (Å²) in [7, 11) is -1.80. The zero-order valence-corrected chi connectivity index (χ0v) is 14.4. The fourth-order valence-corrected chi connectivity index (χ4v) is 3.90. The van der Waals surface area contributed by atoms with E-state index in [1.807, 2.05) is 37.3 Å². The van der Waals surface area contributed by atoms with Crippen LogP contribution >= 0.6 is 0 Å². The molecule has 0 amide bonds. The number of benzene rings is 2. The molecule has 0 fully saturated rings. The number of nitrogens with zero attached hydrogens (tertiary/aromatic N) is 3. The van der Waals surface area contributed by atoms with Crippen LogP contribution in [0, 0.1) is 0 Å². The van der Waals surface area contributed by atoms with Crippen LogP contribution in [0.3, 0.4) is 0 Å². The molecule has 6 nitrogen and oxygen atoms in total. The minimum absolute atomic E-state index is 0.0756. The number of hydrogen-bond acceptors (Lipinski definition) is 5. The van der Waals surface area contributed by atoms with Crippen LogP contribution in [0.5, 0.6) is 0 Å². The number of likely N-dealkylation sites (N-methyl/N-ethyl adjacent to an activating group) is 1. The Bertz CT molecular complexity index is 922. The standard InChI is InChI=1S/C17H19N3O3S/c1-13(15-6-4-3-5-7-15)11-20(2)24(21,22)12-14-8-9-16-17(10-14)19-23-18-16/h3-10,13H,11-12H2,1-2H3. The maximum Gasteiger partial charge on any atom is 0.218 e. The maximum atomic E-state index is 12.6. The average Bonchev–Trinajstić information content (AvgIpc) is 3.03. The first-order chi connectivity index (χ1) is 11.5. The van der Waals surface area contributed by atoms with E-state index in [4.69, 9.17) is 0 Å². The van der Waals surface area contributed by atoms with Gasteiger partial charge in [-0.3, -0.25) is 0 Å². The normalized spacial score (nSPS) is 13.5. The largest absolute Gasteiger partial charge is 0.243 e. The van der Waals surface area contributed by atoms with E-state index in [0.29, 0.717) is 23.1 Å². The van der Waals surface area contributed by atoms with Crippen molar-refractivity contribution in [3.8, 4) is 0 Å². The average molecular weight is 345 g/mol. The predicted octanol–water partition coefficient (Wildman–Crippen LogP) is 2.79. The molecule has 1 aromatic heterocycles. The van der Waals surface area contributed by atoms with E-state index in [0.717, 1.165) is 5.56 Å². The Kier molecular flexibility index (Phi) is 4.64. The van der Waals surface area contributed by atoms with E-state index in [1.165, 1.54) is 4.31 Å². The van der Waals surface area contributed by atoms with E-state index in [1.54, 1.807) is 25.2 Å². The van der Waals surface area contributed by atoms with Crippen LogP contribution in [0.25, 0.3) is 11.0 Å². The number of sulfonamides is 1. The van der Waals surface area contributed by atoms with Gasteiger partial charge in [0.1, 0.15) is 11.0 Å². The monoisotopic (exact) mass is 345 g/mol. The fourth-order valence-electron chi connectivity index (χ4n) is 2.62. The first-order valence-electron chi connectivity index (χ1n) is 7.66. The molecule has 3 rings (SSSR count). The molecule has 1 unspecified atom stereocenters. The maximum absolute atomic E-state index is 12.6. The minimum Gasteiger partial charge on any atom is -0.243 e. The van der Waals surface area contributed by atoms with Gasteiger partial charge in [-0.05, 0) is 39.5 Å². The lowest BCUT2D eigenvalue weighted by molar-refractivity contribution is 0.315. The summed E-state index contributed by atoms with van der Waals surface area (Å²) in [4.78, 5) is 0. The Morgan fingerprint density at radius 2 is 1.79 bits per heavy atom. The molecule has 7 heteroatoms. The summed E-state index contributed by atoms with van der Waals surface area (Å²) in [6.45, 7) is 2.45. The molecular weight excluding hydrogens is 326 g/mol. The van der Waals surface area contributed by atoms with Crippen molar-refractivity contribution in [1.29, 1.82) is 0 Å². The summed E-state index contributed by atoms with van der Waals surface area (Å²) in [5.41, 5.74) is 2.96. The molecule has 0 saturated carbocycles. The molecule has 0 radical (unpaired) electrons. The van der Waals surface area contributed by atoms with Gasteiger partial charge in [-0.15, -0.1) is 0 Å². The zero-order valence-electron chi connectivity index (χ0n) is 13.6. The molecular formula is C17H19N3O3S. The Balaban J connectivity index is 1.72. The molecule has 0 bridgehead atoms. The van der Waals surface area contributed by atoms with Crippen molar-refractivity contribution in [3.63, 3.8) is 0 Å². The molecule has 24 heavy (non-hydrogen) atoms. The van der Waals surface area contributed by atoms with Gasteiger partial charge in [0.2, 0.25) is 10.0 Å². The van der Waals surface area contributed by atoms with Gasteiger partial charge in [-0.25, -0.2) is 17.4 Å². The third kappa shape index (κ3) is 3.63. The zero-order chi connectivity index (χ0) is 17.2. The Labute approximate surface area is 141 Å². The highest BCUT2D eigenvalue weighted by Crippen LogP contribution is 2.19. The van der Waals surface area contributed by atoms with Crippen molar-refractivity contribution in [3.05, 3.63) is 59.7 Å². The predicted molar refractivity (Wildman–Crippen MR) is 91.9 cm³/mol. The number of fused-ring (bicyclic) bond motifs is 1. The minimum atomic E-state index is -3.41. The lowest BCUT2D eigenvalue weighted by Crippen LogP contribution is -2.31. The van der Waals surface area contributed by atoms with Gasteiger partial charge in [-0.1, -0.05) is 43.3 Å².